The van der Waals surface area contributed by atoms with Gasteiger partial charge in [-0.3, -0.25) is 0 Å². The zero-order chi connectivity index (χ0) is 12.4. The Morgan fingerprint density at radius 1 is 1.00 bits per heavy atom. The summed E-state index contributed by atoms with van der Waals surface area (Å²) in [5.41, 5.74) is 12.8. The van der Waals surface area contributed by atoms with E-state index in [1.54, 1.807) is 0 Å². The van der Waals surface area contributed by atoms with E-state index in [-0.39, 0.29) is 0 Å². The Balaban J connectivity index is 2.06. The van der Waals surface area contributed by atoms with Crippen molar-refractivity contribution in [3.05, 3.63) is 0 Å². The molecule has 0 amide bonds. The van der Waals surface area contributed by atoms with Crippen LogP contribution in [-0.4, -0.2) is 12.1 Å². The standard InChI is InChI=1S/C15H30N2/c1-3-11-7-8-13(16)12(9-11)15-10(2)5-4-6-14(15)17/h10-15H,3-9,16-17H2,1-2H3/t10-,11-,12?,13-,14-,15?/m1/s1. The van der Waals surface area contributed by atoms with E-state index in [0.717, 1.165) is 11.8 Å². The van der Waals surface area contributed by atoms with Crippen LogP contribution in [0.3, 0.4) is 0 Å². The van der Waals surface area contributed by atoms with Gasteiger partial charge in [-0.25, -0.2) is 0 Å². The first-order valence-electron chi connectivity index (χ1n) is 7.64. The molecular formula is C15H30N2. The maximum Gasteiger partial charge on any atom is 0.00729 e. The summed E-state index contributed by atoms with van der Waals surface area (Å²) in [7, 11) is 0. The lowest BCUT2D eigenvalue weighted by molar-refractivity contribution is 0.0804. The van der Waals surface area contributed by atoms with Crippen molar-refractivity contribution in [2.24, 2.45) is 35.1 Å². The topological polar surface area (TPSA) is 52.0 Å². The van der Waals surface area contributed by atoms with E-state index in [1.807, 2.05) is 0 Å². The summed E-state index contributed by atoms with van der Waals surface area (Å²) >= 11 is 0. The molecule has 17 heavy (non-hydrogen) atoms. The molecule has 4 N–H and O–H groups in total. The second-order valence-corrected chi connectivity index (χ2v) is 6.56. The Kier molecular flexibility index (Phi) is 4.48. The quantitative estimate of drug-likeness (QED) is 0.777. The smallest absolute Gasteiger partial charge is 0.00729 e. The summed E-state index contributed by atoms with van der Waals surface area (Å²) < 4.78 is 0. The van der Waals surface area contributed by atoms with Crippen molar-refractivity contribution in [2.75, 3.05) is 0 Å². The van der Waals surface area contributed by atoms with Crippen LogP contribution in [0.5, 0.6) is 0 Å². The van der Waals surface area contributed by atoms with Crippen LogP contribution in [-0.2, 0) is 0 Å². The van der Waals surface area contributed by atoms with Gasteiger partial charge in [-0.15, -0.1) is 0 Å². The molecule has 0 radical (unpaired) electrons. The molecule has 2 heteroatoms. The molecule has 0 saturated heterocycles. The molecule has 2 nitrogen and oxygen atoms in total. The van der Waals surface area contributed by atoms with Gasteiger partial charge in [0.15, 0.2) is 0 Å². The SMILES string of the molecule is CC[C@@H]1CC[C@@H](N)C(C2[C@H](C)CCC[C@H]2N)C1. The van der Waals surface area contributed by atoms with Crippen LogP contribution < -0.4 is 11.5 Å². The van der Waals surface area contributed by atoms with Crippen molar-refractivity contribution in [3.8, 4) is 0 Å². The van der Waals surface area contributed by atoms with Crippen molar-refractivity contribution >= 4 is 0 Å². The Morgan fingerprint density at radius 2 is 1.76 bits per heavy atom. The van der Waals surface area contributed by atoms with E-state index in [1.165, 1.54) is 44.9 Å². The summed E-state index contributed by atoms with van der Waals surface area (Å²) in [4.78, 5) is 0. The first-order valence-corrected chi connectivity index (χ1v) is 7.64. The Bertz CT molecular complexity index is 231. The predicted molar refractivity (Wildman–Crippen MR) is 73.6 cm³/mol. The largest absolute Gasteiger partial charge is 0.327 e. The molecule has 2 unspecified atom stereocenters. The fourth-order valence-corrected chi connectivity index (χ4v) is 4.36. The number of nitrogens with two attached hydrogens (primary N) is 2. The van der Waals surface area contributed by atoms with Crippen LogP contribution in [0.25, 0.3) is 0 Å². The van der Waals surface area contributed by atoms with Gasteiger partial charge in [0.1, 0.15) is 0 Å². The fraction of sp³-hybridized carbons (Fsp3) is 1.00. The molecule has 0 heterocycles. The minimum absolute atomic E-state index is 0.408. The average molecular weight is 238 g/mol. The molecule has 2 saturated carbocycles. The molecule has 0 bridgehead atoms. The molecule has 2 rings (SSSR count). The van der Waals surface area contributed by atoms with Gasteiger partial charge in [-0.2, -0.15) is 0 Å². The lowest BCUT2D eigenvalue weighted by Gasteiger charge is -2.45. The van der Waals surface area contributed by atoms with Gasteiger partial charge in [-0.1, -0.05) is 33.1 Å². The third-order valence-corrected chi connectivity index (χ3v) is 5.48. The van der Waals surface area contributed by atoms with Gasteiger partial charge in [0.05, 0.1) is 0 Å². The molecule has 0 aromatic heterocycles. The van der Waals surface area contributed by atoms with Crippen LogP contribution in [0.1, 0.15) is 58.8 Å². The lowest BCUT2D eigenvalue weighted by atomic mass is 9.63. The summed E-state index contributed by atoms with van der Waals surface area (Å²) in [6.45, 7) is 4.72. The maximum absolute atomic E-state index is 6.40. The van der Waals surface area contributed by atoms with Gasteiger partial charge >= 0.3 is 0 Å². The Hall–Kier alpha value is -0.0800. The normalized spacial score (nSPS) is 48.0. The summed E-state index contributed by atoms with van der Waals surface area (Å²) in [5, 5.41) is 0. The third-order valence-electron chi connectivity index (χ3n) is 5.48. The summed E-state index contributed by atoms with van der Waals surface area (Å²) in [6, 6.07) is 0.819. The monoisotopic (exact) mass is 238 g/mol. The zero-order valence-electron chi connectivity index (χ0n) is 11.6. The van der Waals surface area contributed by atoms with Gasteiger partial charge in [0.25, 0.3) is 0 Å². The highest BCUT2D eigenvalue weighted by Crippen LogP contribution is 2.42. The third kappa shape index (κ3) is 2.85. The first-order chi connectivity index (χ1) is 8.13. The Labute approximate surface area is 107 Å². The zero-order valence-corrected chi connectivity index (χ0v) is 11.6. The minimum Gasteiger partial charge on any atom is -0.327 e. The number of hydrogen-bond acceptors (Lipinski definition) is 2. The number of hydrogen-bond donors (Lipinski definition) is 2. The molecule has 2 aliphatic carbocycles. The lowest BCUT2D eigenvalue weighted by Crippen LogP contribution is -2.50. The highest BCUT2D eigenvalue weighted by Gasteiger charge is 2.40. The fourth-order valence-electron chi connectivity index (χ4n) is 4.36. The van der Waals surface area contributed by atoms with Crippen LogP contribution >= 0.6 is 0 Å². The van der Waals surface area contributed by atoms with Crippen molar-refractivity contribution in [3.63, 3.8) is 0 Å². The maximum atomic E-state index is 6.40. The predicted octanol–water partition coefficient (Wildman–Crippen LogP) is 2.90. The van der Waals surface area contributed by atoms with E-state index >= 15 is 0 Å². The molecule has 6 atom stereocenters. The summed E-state index contributed by atoms with van der Waals surface area (Å²) in [5.74, 6) is 3.07. The molecule has 0 aliphatic heterocycles. The second-order valence-electron chi connectivity index (χ2n) is 6.56. The molecule has 0 aromatic rings. The minimum atomic E-state index is 0.408. The first kappa shape index (κ1) is 13.4. The van der Waals surface area contributed by atoms with E-state index in [9.17, 15) is 0 Å². The van der Waals surface area contributed by atoms with Crippen molar-refractivity contribution in [1.82, 2.24) is 0 Å². The van der Waals surface area contributed by atoms with E-state index < -0.39 is 0 Å². The molecular weight excluding hydrogens is 208 g/mol. The van der Waals surface area contributed by atoms with Gasteiger partial charge in [0, 0.05) is 12.1 Å². The van der Waals surface area contributed by atoms with Gasteiger partial charge < -0.3 is 11.5 Å². The molecule has 0 spiro atoms. The molecule has 100 valence electrons. The van der Waals surface area contributed by atoms with Gasteiger partial charge in [-0.05, 0) is 49.4 Å². The van der Waals surface area contributed by atoms with E-state index in [2.05, 4.69) is 13.8 Å². The van der Waals surface area contributed by atoms with Crippen LogP contribution in [0.15, 0.2) is 0 Å². The highest BCUT2D eigenvalue weighted by molar-refractivity contribution is 4.94. The second kappa shape index (κ2) is 5.71. The van der Waals surface area contributed by atoms with Crippen molar-refractivity contribution < 1.29 is 0 Å². The molecule has 2 aliphatic rings. The summed E-state index contributed by atoms with van der Waals surface area (Å²) in [6.07, 6.45) is 9.11. The van der Waals surface area contributed by atoms with Crippen LogP contribution in [0.4, 0.5) is 0 Å². The highest BCUT2D eigenvalue weighted by atomic mass is 14.7. The van der Waals surface area contributed by atoms with E-state index in [0.29, 0.717) is 23.9 Å². The van der Waals surface area contributed by atoms with Gasteiger partial charge in [0.2, 0.25) is 0 Å². The number of rotatable bonds is 2. The average Bonchev–Trinajstić information content (AvgIpc) is 2.31. The molecule has 0 aromatic carbocycles. The Morgan fingerprint density at radius 3 is 2.41 bits per heavy atom. The van der Waals surface area contributed by atoms with Crippen molar-refractivity contribution in [1.29, 1.82) is 0 Å². The van der Waals surface area contributed by atoms with Crippen LogP contribution in [0.2, 0.25) is 0 Å². The van der Waals surface area contributed by atoms with Crippen LogP contribution in [0, 0.1) is 23.7 Å². The van der Waals surface area contributed by atoms with E-state index in [4.69, 9.17) is 11.5 Å². The molecule has 2 fully saturated rings. The van der Waals surface area contributed by atoms with Crippen molar-refractivity contribution in [2.45, 2.75) is 70.9 Å².